The zero-order valence-electron chi connectivity index (χ0n) is 8.91. The smallest absolute Gasteiger partial charge is 0.309 e. The zero-order valence-corrected chi connectivity index (χ0v) is 11.2. The summed E-state index contributed by atoms with van der Waals surface area (Å²) in [5.41, 5.74) is 1.01. The Morgan fingerprint density at radius 3 is 2.71 bits per heavy atom. The lowest BCUT2D eigenvalue weighted by Gasteiger charge is -2.08. The lowest BCUT2D eigenvalue weighted by molar-refractivity contribution is -0.384. The van der Waals surface area contributed by atoms with E-state index in [2.05, 4.69) is 20.7 Å². The molecule has 17 heavy (non-hydrogen) atoms. The Labute approximate surface area is 111 Å². The van der Waals surface area contributed by atoms with Crippen molar-refractivity contribution in [2.75, 3.05) is 7.11 Å². The van der Waals surface area contributed by atoms with Gasteiger partial charge in [-0.05, 0) is 11.1 Å². The van der Waals surface area contributed by atoms with Crippen molar-refractivity contribution in [1.29, 1.82) is 0 Å². The molecule has 0 N–H and O–H groups in total. The fourth-order valence-corrected chi connectivity index (χ4v) is 2.44. The Kier molecular flexibility index (Phi) is 4.89. The van der Waals surface area contributed by atoms with Crippen molar-refractivity contribution in [3.05, 3.63) is 38.4 Å². The predicted molar refractivity (Wildman–Crippen MR) is 66.5 cm³/mol. The molecule has 1 aromatic carbocycles. The van der Waals surface area contributed by atoms with E-state index in [0.717, 1.165) is 0 Å². The van der Waals surface area contributed by atoms with Crippen LogP contribution in [0.4, 0.5) is 5.69 Å². The molecule has 0 saturated heterocycles. The van der Waals surface area contributed by atoms with E-state index in [0.29, 0.717) is 16.5 Å². The number of benzene rings is 1. The Morgan fingerprint density at radius 1 is 1.59 bits per heavy atom. The number of nitro groups is 1. The van der Waals surface area contributed by atoms with Gasteiger partial charge in [-0.15, -0.1) is 0 Å². The number of rotatable bonds is 4. The number of hydrogen-bond acceptors (Lipinski definition) is 4. The first-order valence-corrected chi connectivity index (χ1v) is 6.08. The second-order valence-corrected chi connectivity index (χ2v) is 4.18. The summed E-state index contributed by atoms with van der Waals surface area (Å²) < 4.78 is 4.53. The van der Waals surface area contributed by atoms with E-state index in [9.17, 15) is 14.9 Å². The van der Waals surface area contributed by atoms with E-state index in [-0.39, 0.29) is 17.1 Å². The molecule has 92 valence electrons. The van der Waals surface area contributed by atoms with E-state index in [1.807, 2.05) is 0 Å². The third-order valence-corrected chi connectivity index (χ3v) is 3.08. The number of halogens is 2. The van der Waals surface area contributed by atoms with Gasteiger partial charge in [0.1, 0.15) is 0 Å². The molecule has 0 amide bonds. The van der Waals surface area contributed by atoms with Crippen molar-refractivity contribution < 1.29 is 14.5 Å². The number of ether oxygens (including phenoxy) is 1. The molecule has 0 aromatic heterocycles. The molecular weight excluding hydrogens is 313 g/mol. The number of esters is 1. The maximum atomic E-state index is 11.2. The number of hydrogen-bond donors (Lipinski definition) is 0. The fraction of sp³-hybridized carbons (Fsp3) is 0.300. The average molecular weight is 323 g/mol. The Morgan fingerprint density at radius 2 is 2.24 bits per heavy atom. The number of nitro benzene ring substituents is 1. The molecule has 7 heteroatoms. The molecular formula is C10H9BrClNO4. The summed E-state index contributed by atoms with van der Waals surface area (Å²) in [5, 5.41) is 11.4. The van der Waals surface area contributed by atoms with Gasteiger partial charge in [-0.1, -0.05) is 27.5 Å². The van der Waals surface area contributed by atoms with Gasteiger partial charge >= 0.3 is 5.97 Å². The highest BCUT2D eigenvalue weighted by Gasteiger charge is 2.17. The molecule has 5 nitrogen and oxygen atoms in total. The number of nitrogens with zero attached hydrogens (tertiary/aromatic N) is 1. The van der Waals surface area contributed by atoms with Crippen LogP contribution < -0.4 is 0 Å². The maximum absolute atomic E-state index is 11.2. The molecule has 0 unspecified atom stereocenters. The minimum Gasteiger partial charge on any atom is -0.469 e. The highest BCUT2D eigenvalue weighted by atomic mass is 79.9. The van der Waals surface area contributed by atoms with Gasteiger partial charge in [-0.3, -0.25) is 14.9 Å². The van der Waals surface area contributed by atoms with E-state index >= 15 is 0 Å². The van der Waals surface area contributed by atoms with E-state index in [1.165, 1.54) is 19.2 Å². The molecule has 0 spiro atoms. The highest BCUT2D eigenvalue weighted by Crippen LogP contribution is 2.29. The second-order valence-electron chi connectivity index (χ2n) is 3.21. The minimum absolute atomic E-state index is 0.0428. The fourth-order valence-electron chi connectivity index (χ4n) is 1.32. The van der Waals surface area contributed by atoms with Crippen LogP contribution in [0.1, 0.15) is 11.1 Å². The molecule has 0 heterocycles. The van der Waals surface area contributed by atoms with Crippen molar-refractivity contribution >= 4 is 39.2 Å². The summed E-state index contributed by atoms with van der Waals surface area (Å²) in [5.74, 6) is -0.469. The van der Waals surface area contributed by atoms with Crippen LogP contribution in [-0.2, 0) is 21.3 Å². The average Bonchev–Trinajstić information content (AvgIpc) is 2.28. The zero-order chi connectivity index (χ0) is 13.0. The molecule has 0 radical (unpaired) electrons. The van der Waals surface area contributed by atoms with Crippen LogP contribution in [-0.4, -0.2) is 18.0 Å². The van der Waals surface area contributed by atoms with Crippen molar-refractivity contribution in [2.45, 2.75) is 11.8 Å². The summed E-state index contributed by atoms with van der Waals surface area (Å²) in [7, 11) is 1.26. The molecule has 1 rings (SSSR count). The van der Waals surface area contributed by atoms with Gasteiger partial charge in [0.05, 0.1) is 23.5 Å². The highest BCUT2D eigenvalue weighted by molar-refractivity contribution is 9.08. The van der Waals surface area contributed by atoms with Gasteiger partial charge < -0.3 is 4.74 Å². The summed E-state index contributed by atoms with van der Waals surface area (Å²) in [6.07, 6.45) is -0.0428. The largest absolute Gasteiger partial charge is 0.469 e. The summed E-state index contributed by atoms with van der Waals surface area (Å²) >= 11 is 9.15. The monoisotopic (exact) mass is 321 g/mol. The maximum Gasteiger partial charge on any atom is 0.309 e. The lowest BCUT2D eigenvalue weighted by atomic mass is 10.0. The quantitative estimate of drug-likeness (QED) is 0.370. The number of non-ortho nitro benzene ring substituents is 1. The molecule has 0 saturated carbocycles. The molecule has 0 bridgehead atoms. The normalized spacial score (nSPS) is 10.1. The van der Waals surface area contributed by atoms with Crippen LogP contribution in [0.5, 0.6) is 0 Å². The summed E-state index contributed by atoms with van der Waals surface area (Å²) in [6.45, 7) is 0. The third kappa shape index (κ3) is 3.41. The Balaban J connectivity index is 3.23. The van der Waals surface area contributed by atoms with Crippen molar-refractivity contribution in [3.63, 3.8) is 0 Å². The Hall–Kier alpha value is -1.14. The molecule has 0 aliphatic rings. The predicted octanol–water partition coefficient (Wildman–Crippen LogP) is 2.86. The van der Waals surface area contributed by atoms with Crippen molar-refractivity contribution in [3.8, 4) is 0 Å². The summed E-state index contributed by atoms with van der Waals surface area (Å²) in [6, 6.07) is 2.60. The van der Waals surface area contributed by atoms with Gasteiger partial charge in [0.25, 0.3) is 5.69 Å². The molecule has 1 aromatic rings. The number of carbonyl (C=O) groups is 1. The van der Waals surface area contributed by atoms with Gasteiger partial charge in [-0.2, -0.15) is 0 Å². The van der Waals surface area contributed by atoms with Gasteiger partial charge in [-0.25, -0.2) is 0 Å². The van der Waals surface area contributed by atoms with E-state index < -0.39 is 10.9 Å². The van der Waals surface area contributed by atoms with Gasteiger partial charge in [0.15, 0.2) is 0 Å². The molecule has 0 fully saturated rings. The first kappa shape index (κ1) is 13.9. The van der Waals surface area contributed by atoms with Gasteiger partial charge in [0, 0.05) is 17.5 Å². The van der Waals surface area contributed by atoms with E-state index in [1.54, 1.807) is 0 Å². The molecule has 0 atom stereocenters. The molecule has 0 aliphatic carbocycles. The van der Waals surface area contributed by atoms with Crippen molar-refractivity contribution in [1.82, 2.24) is 0 Å². The van der Waals surface area contributed by atoms with Gasteiger partial charge in [0.2, 0.25) is 0 Å². The first-order valence-electron chi connectivity index (χ1n) is 4.58. The van der Waals surface area contributed by atoms with Crippen LogP contribution in [0.15, 0.2) is 12.1 Å². The van der Waals surface area contributed by atoms with Crippen molar-refractivity contribution in [2.24, 2.45) is 0 Å². The van der Waals surface area contributed by atoms with Crippen LogP contribution in [0.3, 0.4) is 0 Å². The van der Waals surface area contributed by atoms with Crippen LogP contribution in [0, 0.1) is 10.1 Å². The Bertz CT molecular complexity index is 464. The summed E-state index contributed by atoms with van der Waals surface area (Å²) in [4.78, 5) is 21.3. The number of alkyl halides is 1. The lowest BCUT2D eigenvalue weighted by Crippen LogP contribution is -2.07. The third-order valence-electron chi connectivity index (χ3n) is 2.18. The van der Waals surface area contributed by atoms with Crippen LogP contribution in [0.25, 0.3) is 0 Å². The standard InChI is InChI=1S/C10H9BrClNO4/c1-17-10(14)3-6-2-7(13(15)16)4-9(12)8(6)5-11/h2,4H,3,5H2,1H3. The minimum atomic E-state index is -0.551. The second kappa shape index (κ2) is 5.97. The topological polar surface area (TPSA) is 69.4 Å². The number of carbonyl (C=O) groups excluding carboxylic acids is 1. The molecule has 0 aliphatic heterocycles. The van der Waals surface area contributed by atoms with E-state index in [4.69, 9.17) is 11.6 Å². The van der Waals surface area contributed by atoms with Crippen LogP contribution in [0.2, 0.25) is 5.02 Å². The number of methoxy groups -OCH3 is 1. The first-order chi connectivity index (χ1) is 7.99. The van der Waals surface area contributed by atoms with Crippen LogP contribution >= 0.6 is 27.5 Å². The SMILES string of the molecule is COC(=O)Cc1cc([N+](=O)[O-])cc(Cl)c1CBr.